The zero-order valence-electron chi connectivity index (χ0n) is 16.5. The Labute approximate surface area is 178 Å². The molecule has 0 spiro atoms. The standard InChI is InChI=1S/C24H21FN2O2S/c25-18-8-3-1-6-14(18)16-12-22(29)27(19-9-5-10-20(28)23(16)19)24-17(13-26)15-7-2-4-11-21(15)30-24/h1,3,6,8,16H,2,4-5,7,9-12H2. The fourth-order valence-electron chi connectivity index (χ4n) is 5.08. The zero-order valence-corrected chi connectivity index (χ0v) is 17.4. The Morgan fingerprint density at radius 3 is 2.67 bits per heavy atom. The molecule has 1 atom stereocenters. The second-order valence-electron chi connectivity index (χ2n) is 8.15. The summed E-state index contributed by atoms with van der Waals surface area (Å²) in [5.74, 6) is -1.12. The number of Topliss-reactive ketones (excluding diaryl/α,β-unsaturated/α-hetero) is 1. The number of halogens is 1. The van der Waals surface area contributed by atoms with Gasteiger partial charge in [-0.25, -0.2) is 4.39 Å². The quantitative estimate of drug-likeness (QED) is 0.674. The van der Waals surface area contributed by atoms with Crippen molar-refractivity contribution in [3.05, 3.63) is 62.9 Å². The van der Waals surface area contributed by atoms with E-state index in [0.29, 0.717) is 46.7 Å². The Balaban J connectivity index is 1.69. The van der Waals surface area contributed by atoms with Gasteiger partial charge in [-0.2, -0.15) is 5.26 Å². The van der Waals surface area contributed by atoms with Gasteiger partial charge in [-0.3, -0.25) is 14.5 Å². The van der Waals surface area contributed by atoms with E-state index in [4.69, 9.17) is 0 Å². The van der Waals surface area contributed by atoms with Crippen molar-refractivity contribution in [3.63, 3.8) is 0 Å². The van der Waals surface area contributed by atoms with Crippen molar-refractivity contribution in [1.29, 1.82) is 5.26 Å². The maximum absolute atomic E-state index is 14.6. The van der Waals surface area contributed by atoms with E-state index in [1.54, 1.807) is 23.1 Å². The van der Waals surface area contributed by atoms with Gasteiger partial charge in [0.15, 0.2) is 5.78 Å². The summed E-state index contributed by atoms with van der Waals surface area (Å²) in [7, 11) is 0. The van der Waals surface area contributed by atoms with E-state index in [1.165, 1.54) is 22.3 Å². The average molecular weight is 421 g/mol. The summed E-state index contributed by atoms with van der Waals surface area (Å²) in [4.78, 5) is 29.2. The number of carbonyl (C=O) groups is 2. The van der Waals surface area contributed by atoms with Gasteiger partial charge in [-0.05, 0) is 55.7 Å². The van der Waals surface area contributed by atoms with E-state index in [0.717, 1.165) is 31.2 Å². The molecule has 6 heteroatoms. The Kier molecular flexibility index (Phi) is 4.79. The maximum atomic E-state index is 14.6. The number of aryl methyl sites for hydroxylation is 1. The molecule has 0 N–H and O–H groups in total. The van der Waals surface area contributed by atoms with Crippen LogP contribution in [0.4, 0.5) is 9.39 Å². The van der Waals surface area contributed by atoms with Crippen LogP contribution in [0.2, 0.25) is 0 Å². The first-order valence-corrected chi connectivity index (χ1v) is 11.3. The number of anilines is 1. The van der Waals surface area contributed by atoms with E-state index in [-0.39, 0.29) is 18.1 Å². The minimum absolute atomic E-state index is 0.0122. The molecule has 2 heterocycles. The lowest BCUT2D eigenvalue weighted by Gasteiger charge is -2.37. The summed E-state index contributed by atoms with van der Waals surface area (Å²) >= 11 is 1.52. The van der Waals surface area contributed by atoms with Crippen molar-refractivity contribution in [2.45, 2.75) is 57.3 Å². The molecule has 2 aliphatic carbocycles. The first kappa shape index (κ1) is 19.2. The lowest BCUT2D eigenvalue weighted by molar-refractivity contribution is -0.119. The molecule has 0 radical (unpaired) electrons. The number of benzene rings is 1. The third kappa shape index (κ3) is 2.92. The van der Waals surface area contributed by atoms with Gasteiger partial charge < -0.3 is 0 Å². The lowest BCUT2D eigenvalue weighted by Crippen LogP contribution is -2.40. The Bertz CT molecular complexity index is 1140. The first-order chi connectivity index (χ1) is 14.6. The predicted molar refractivity (Wildman–Crippen MR) is 113 cm³/mol. The molecule has 2 aromatic rings. The van der Waals surface area contributed by atoms with Crippen LogP contribution >= 0.6 is 11.3 Å². The van der Waals surface area contributed by atoms with Crippen LogP contribution in [0.15, 0.2) is 35.5 Å². The first-order valence-electron chi connectivity index (χ1n) is 10.5. The molecule has 0 fully saturated rings. The van der Waals surface area contributed by atoms with E-state index in [2.05, 4.69) is 6.07 Å². The summed E-state index contributed by atoms with van der Waals surface area (Å²) in [6.45, 7) is 0. The number of fused-ring (bicyclic) bond motifs is 1. The number of ketones is 1. The molecule has 0 saturated heterocycles. The van der Waals surface area contributed by atoms with Crippen molar-refractivity contribution in [2.24, 2.45) is 0 Å². The number of thiophene rings is 1. The van der Waals surface area contributed by atoms with Crippen molar-refractivity contribution in [1.82, 2.24) is 0 Å². The predicted octanol–water partition coefficient (Wildman–Crippen LogP) is 5.17. The smallest absolute Gasteiger partial charge is 0.232 e. The summed E-state index contributed by atoms with van der Waals surface area (Å²) in [6.07, 6.45) is 5.64. The molecule has 1 aromatic carbocycles. The highest BCUT2D eigenvalue weighted by Crippen LogP contribution is 2.48. The summed E-state index contributed by atoms with van der Waals surface area (Å²) in [5.41, 5.74) is 3.28. The number of nitriles is 1. The number of rotatable bonds is 2. The van der Waals surface area contributed by atoms with Crippen LogP contribution in [0.3, 0.4) is 0 Å². The number of hydrogen-bond donors (Lipinski definition) is 0. The number of nitrogens with zero attached hydrogens (tertiary/aromatic N) is 2. The Hall–Kier alpha value is -2.78. The molecule has 1 aromatic heterocycles. The zero-order chi connectivity index (χ0) is 20.8. The molecule has 1 amide bonds. The highest BCUT2D eigenvalue weighted by molar-refractivity contribution is 7.16. The average Bonchev–Trinajstić information content (AvgIpc) is 3.11. The van der Waals surface area contributed by atoms with Crippen LogP contribution < -0.4 is 4.90 Å². The molecule has 1 aliphatic heterocycles. The van der Waals surface area contributed by atoms with Gasteiger partial charge in [0, 0.05) is 34.9 Å². The van der Waals surface area contributed by atoms with Crippen LogP contribution in [-0.2, 0) is 22.4 Å². The molecule has 0 bridgehead atoms. The topological polar surface area (TPSA) is 61.2 Å². The van der Waals surface area contributed by atoms with Gasteiger partial charge in [0.1, 0.15) is 16.9 Å². The summed E-state index contributed by atoms with van der Waals surface area (Å²) in [6, 6.07) is 8.73. The number of hydrogen-bond acceptors (Lipinski definition) is 4. The maximum Gasteiger partial charge on any atom is 0.232 e. The van der Waals surface area contributed by atoms with Crippen LogP contribution in [0.25, 0.3) is 0 Å². The number of allylic oxidation sites excluding steroid dienone is 2. The van der Waals surface area contributed by atoms with Gasteiger partial charge in [0.2, 0.25) is 5.91 Å². The van der Waals surface area contributed by atoms with Crippen LogP contribution in [-0.4, -0.2) is 11.7 Å². The van der Waals surface area contributed by atoms with Gasteiger partial charge in [-0.1, -0.05) is 18.2 Å². The molecule has 4 nitrogen and oxygen atoms in total. The summed E-state index contributed by atoms with van der Waals surface area (Å²) in [5, 5.41) is 10.5. The monoisotopic (exact) mass is 420 g/mol. The highest BCUT2D eigenvalue weighted by Gasteiger charge is 2.42. The second kappa shape index (κ2) is 7.48. The van der Waals surface area contributed by atoms with E-state index in [9.17, 15) is 19.2 Å². The van der Waals surface area contributed by atoms with Gasteiger partial charge in [0.25, 0.3) is 0 Å². The second-order valence-corrected chi connectivity index (χ2v) is 9.23. The fourth-order valence-corrected chi connectivity index (χ4v) is 6.46. The van der Waals surface area contributed by atoms with Crippen molar-refractivity contribution < 1.29 is 14.0 Å². The van der Waals surface area contributed by atoms with Crippen LogP contribution in [0, 0.1) is 17.1 Å². The molecule has 30 heavy (non-hydrogen) atoms. The molecule has 0 saturated carbocycles. The normalized spacial score (nSPS) is 21.3. The Morgan fingerprint density at radius 2 is 1.87 bits per heavy atom. The minimum Gasteiger partial charge on any atom is -0.294 e. The van der Waals surface area contributed by atoms with Crippen molar-refractivity contribution in [3.8, 4) is 6.07 Å². The molecular weight excluding hydrogens is 399 g/mol. The SMILES string of the molecule is N#Cc1c(N2C(=O)CC(c3ccccc3F)C3=C2CCCC3=O)sc2c1CCCC2. The summed E-state index contributed by atoms with van der Waals surface area (Å²) < 4.78 is 14.6. The number of amides is 1. The van der Waals surface area contributed by atoms with Gasteiger partial charge in [0.05, 0.1) is 5.56 Å². The van der Waals surface area contributed by atoms with Crippen molar-refractivity contribution in [2.75, 3.05) is 4.90 Å². The molecular formula is C24H21FN2O2S. The van der Waals surface area contributed by atoms with E-state index >= 15 is 0 Å². The Morgan fingerprint density at radius 1 is 1.07 bits per heavy atom. The van der Waals surface area contributed by atoms with Gasteiger partial charge >= 0.3 is 0 Å². The van der Waals surface area contributed by atoms with Gasteiger partial charge in [-0.15, -0.1) is 11.3 Å². The minimum atomic E-state index is -0.558. The molecule has 152 valence electrons. The largest absolute Gasteiger partial charge is 0.294 e. The third-order valence-electron chi connectivity index (χ3n) is 6.42. The third-order valence-corrected chi connectivity index (χ3v) is 7.70. The molecule has 1 unspecified atom stereocenters. The van der Waals surface area contributed by atoms with Crippen LogP contribution in [0.5, 0.6) is 0 Å². The molecule has 3 aliphatic rings. The fraction of sp³-hybridized carbons (Fsp3) is 0.375. The van der Waals surface area contributed by atoms with Crippen molar-refractivity contribution >= 4 is 28.0 Å². The van der Waals surface area contributed by atoms with E-state index in [1.807, 2.05) is 0 Å². The highest BCUT2D eigenvalue weighted by atomic mass is 32.1. The lowest BCUT2D eigenvalue weighted by atomic mass is 9.77. The molecule has 5 rings (SSSR count). The van der Waals surface area contributed by atoms with Crippen LogP contribution in [0.1, 0.15) is 66.0 Å². The van der Waals surface area contributed by atoms with E-state index < -0.39 is 11.7 Å². The number of carbonyl (C=O) groups excluding carboxylic acids is 2.